The lowest BCUT2D eigenvalue weighted by molar-refractivity contribution is 0.0135. The second-order valence-corrected chi connectivity index (χ2v) is 9.56. The Labute approximate surface area is 153 Å². The lowest BCUT2D eigenvalue weighted by atomic mass is 9.53. The predicted octanol–water partition coefficient (Wildman–Crippen LogP) is 3.25. The van der Waals surface area contributed by atoms with Crippen molar-refractivity contribution in [2.24, 2.45) is 5.41 Å². The first-order chi connectivity index (χ1) is 11.0. The lowest BCUT2D eigenvalue weighted by Gasteiger charge is -2.58. The van der Waals surface area contributed by atoms with Crippen molar-refractivity contribution in [3.8, 4) is 0 Å². The molecular weight excluding hydrogens is 447 g/mol. The summed E-state index contributed by atoms with van der Waals surface area (Å²) in [5, 5.41) is 1.06. The van der Waals surface area contributed by atoms with Crippen molar-refractivity contribution in [1.29, 1.82) is 0 Å². The third-order valence-corrected chi connectivity index (χ3v) is 7.95. The maximum Gasteiger partial charge on any atom is 0.156 e. The number of anilines is 1. The van der Waals surface area contributed by atoms with Crippen LogP contribution in [0.15, 0.2) is 18.6 Å². The Kier molecular flexibility index (Phi) is 4.10. The molecule has 1 atom stereocenters. The van der Waals surface area contributed by atoms with Gasteiger partial charge in [-0.15, -0.1) is 0 Å². The SMILES string of the molecule is CN(c1ncnc2c1ccn2SI)C1CC2(C1)CC(S(=O)O)C2. The summed E-state index contributed by atoms with van der Waals surface area (Å²) in [5.74, 6) is 0.973. The highest BCUT2D eigenvalue weighted by molar-refractivity contribution is 14.2. The van der Waals surface area contributed by atoms with E-state index >= 15 is 0 Å². The molecule has 0 aliphatic heterocycles. The fourth-order valence-corrected chi connectivity index (χ4v) is 6.28. The van der Waals surface area contributed by atoms with Crippen LogP contribution in [-0.2, 0) is 11.1 Å². The first kappa shape index (κ1) is 16.1. The molecule has 0 bridgehead atoms. The molecule has 2 saturated carbocycles. The van der Waals surface area contributed by atoms with E-state index in [2.05, 4.69) is 49.2 Å². The number of aromatic nitrogens is 3. The van der Waals surface area contributed by atoms with Crippen molar-refractivity contribution in [3.63, 3.8) is 0 Å². The molecule has 1 unspecified atom stereocenters. The second-order valence-electron chi connectivity index (χ2n) is 6.62. The Bertz CT molecular complexity index is 769. The molecule has 2 heterocycles. The van der Waals surface area contributed by atoms with E-state index in [9.17, 15) is 4.21 Å². The summed E-state index contributed by atoms with van der Waals surface area (Å²) in [6.45, 7) is 0. The Morgan fingerprint density at radius 3 is 2.83 bits per heavy atom. The third kappa shape index (κ3) is 2.59. The van der Waals surface area contributed by atoms with Gasteiger partial charge in [-0.1, -0.05) is 0 Å². The van der Waals surface area contributed by atoms with Crippen LogP contribution in [0.3, 0.4) is 0 Å². The van der Waals surface area contributed by atoms with Gasteiger partial charge in [-0.25, -0.2) is 14.2 Å². The average Bonchev–Trinajstić information content (AvgIpc) is 2.86. The minimum Gasteiger partial charge on any atom is -0.356 e. The van der Waals surface area contributed by atoms with E-state index in [-0.39, 0.29) is 5.25 Å². The van der Waals surface area contributed by atoms with Crippen LogP contribution in [0.1, 0.15) is 25.7 Å². The van der Waals surface area contributed by atoms with E-state index in [4.69, 9.17) is 4.55 Å². The van der Waals surface area contributed by atoms with Crippen molar-refractivity contribution in [1.82, 2.24) is 13.9 Å². The molecule has 2 aliphatic carbocycles. The van der Waals surface area contributed by atoms with Gasteiger partial charge in [-0.3, -0.25) is 3.97 Å². The zero-order chi connectivity index (χ0) is 16.2. The molecule has 4 rings (SSSR count). The summed E-state index contributed by atoms with van der Waals surface area (Å²) in [4.78, 5) is 11.1. The molecule has 2 aromatic heterocycles. The van der Waals surface area contributed by atoms with Gasteiger partial charge in [0.2, 0.25) is 0 Å². The van der Waals surface area contributed by atoms with Gasteiger partial charge in [0.1, 0.15) is 12.1 Å². The van der Waals surface area contributed by atoms with Gasteiger partial charge in [-0.2, -0.15) is 0 Å². The molecule has 2 aromatic rings. The normalized spacial score (nSPS) is 30.9. The quantitative estimate of drug-likeness (QED) is 0.554. The smallest absolute Gasteiger partial charge is 0.156 e. The monoisotopic (exact) mass is 464 g/mol. The van der Waals surface area contributed by atoms with Gasteiger partial charge in [-0.05, 0) is 37.2 Å². The van der Waals surface area contributed by atoms with Crippen molar-refractivity contribution in [2.75, 3.05) is 11.9 Å². The number of nitrogens with zero attached hydrogens (tertiary/aromatic N) is 4. The van der Waals surface area contributed by atoms with Crippen LogP contribution in [0.5, 0.6) is 0 Å². The molecule has 124 valence electrons. The molecule has 1 spiro atoms. The van der Waals surface area contributed by atoms with E-state index in [1.165, 1.54) is 0 Å². The summed E-state index contributed by atoms with van der Waals surface area (Å²) in [5.41, 5.74) is 1.24. The minimum atomic E-state index is -1.65. The largest absolute Gasteiger partial charge is 0.356 e. The van der Waals surface area contributed by atoms with Crippen LogP contribution >= 0.6 is 30.3 Å². The number of halogens is 1. The van der Waals surface area contributed by atoms with Crippen LogP contribution in [0, 0.1) is 5.41 Å². The highest BCUT2D eigenvalue weighted by Crippen LogP contribution is 2.58. The lowest BCUT2D eigenvalue weighted by Crippen LogP contribution is -2.58. The van der Waals surface area contributed by atoms with Gasteiger partial charge >= 0.3 is 0 Å². The zero-order valence-electron chi connectivity index (χ0n) is 12.6. The summed E-state index contributed by atoms with van der Waals surface area (Å²) < 4.78 is 22.3. The van der Waals surface area contributed by atoms with Crippen LogP contribution in [0.4, 0.5) is 5.82 Å². The van der Waals surface area contributed by atoms with Gasteiger partial charge < -0.3 is 9.45 Å². The van der Waals surface area contributed by atoms with E-state index < -0.39 is 11.1 Å². The molecule has 0 aromatic carbocycles. The van der Waals surface area contributed by atoms with Gasteiger partial charge in [0.15, 0.2) is 16.7 Å². The molecular formula is C14H17IN4O2S2. The Morgan fingerprint density at radius 1 is 1.43 bits per heavy atom. The van der Waals surface area contributed by atoms with E-state index in [1.807, 2.05) is 10.2 Å². The van der Waals surface area contributed by atoms with E-state index in [0.717, 1.165) is 42.5 Å². The van der Waals surface area contributed by atoms with E-state index in [0.29, 0.717) is 11.5 Å². The number of hydrogen-bond donors (Lipinski definition) is 1. The number of rotatable bonds is 4. The van der Waals surface area contributed by atoms with Crippen LogP contribution in [-0.4, -0.2) is 41.0 Å². The van der Waals surface area contributed by atoms with Crippen LogP contribution in [0.2, 0.25) is 0 Å². The zero-order valence-corrected chi connectivity index (χ0v) is 16.3. The van der Waals surface area contributed by atoms with Crippen molar-refractivity contribution < 1.29 is 8.76 Å². The maximum absolute atomic E-state index is 11.1. The fraction of sp³-hybridized carbons (Fsp3) is 0.571. The van der Waals surface area contributed by atoms with Crippen LogP contribution in [0.25, 0.3) is 11.0 Å². The highest BCUT2D eigenvalue weighted by atomic mass is 127. The maximum atomic E-state index is 11.1. The van der Waals surface area contributed by atoms with Gasteiger partial charge in [0, 0.05) is 49.6 Å². The molecule has 1 N–H and O–H groups in total. The van der Waals surface area contributed by atoms with Crippen molar-refractivity contribution in [3.05, 3.63) is 18.6 Å². The molecule has 23 heavy (non-hydrogen) atoms. The Hall–Kier alpha value is -0.390. The highest BCUT2D eigenvalue weighted by Gasteiger charge is 2.55. The first-order valence-electron chi connectivity index (χ1n) is 7.47. The topological polar surface area (TPSA) is 71.2 Å². The summed E-state index contributed by atoms with van der Waals surface area (Å²) >= 11 is 0.591. The molecule has 2 fully saturated rings. The first-order valence-corrected chi connectivity index (χ1v) is 12.0. The van der Waals surface area contributed by atoms with Gasteiger partial charge in [0.05, 0.1) is 10.6 Å². The van der Waals surface area contributed by atoms with Gasteiger partial charge in [0.25, 0.3) is 0 Å². The third-order valence-electron chi connectivity index (χ3n) is 5.33. The van der Waals surface area contributed by atoms with E-state index in [1.54, 1.807) is 15.4 Å². The second kappa shape index (κ2) is 5.85. The molecule has 6 nitrogen and oxygen atoms in total. The standard InChI is InChI=1S/C14H17IN4O2S2/c1-18(9-4-14(5-9)6-10(7-14)23(20)21)12-11-2-3-19(22-15)13(11)17-8-16-12/h2-3,8-10H,4-7H2,1H3,(H,20,21). The molecule has 0 radical (unpaired) electrons. The molecule has 0 saturated heterocycles. The van der Waals surface area contributed by atoms with Crippen molar-refractivity contribution in [2.45, 2.75) is 37.0 Å². The minimum absolute atomic E-state index is 0.0123. The Morgan fingerprint density at radius 2 is 2.17 bits per heavy atom. The van der Waals surface area contributed by atoms with Crippen molar-refractivity contribution >= 4 is 58.3 Å². The summed E-state index contributed by atoms with van der Waals surface area (Å²) in [6.07, 6.45) is 7.60. The van der Waals surface area contributed by atoms with Crippen LogP contribution < -0.4 is 4.90 Å². The fourth-order valence-electron chi connectivity index (χ4n) is 4.02. The predicted molar refractivity (Wildman–Crippen MR) is 102 cm³/mol. The number of fused-ring (bicyclic) bond motifs is 1. The summed E-state index contributed by atoms with van der Waals surface area (Å²) in [7, 11) is 3.69. The average molecular weight is 464 g/mol. The summed E-state index contributed by atoms with van der Waals surface area (Å²) in [6, 6.07) is 2.52. The molecule has 2 aliphatic rings. The Balaban J connectivity index is 1.50. The molecule has 0 amide bonds. The molecule has 9 heteroatoms. The number of hydrogen-bond acceptors (Lipinski definition) is 5.